The van der Waals surface area contributed by atoms with Crippen molar-refractivity contribution < 1.29 is 4.84 Å². The van der Waals surface area contributed by atoms with Crippen LogP contribution in [-0.2, 0) is 0 Å². The molecule has 2 aromatic carbocycles. The van der Waals surface area contributed by atoms with Gasteiger partial charge in [0.05, 0.1) is 11.2 Å². The molecule has 3 aromatic rings. The molecular formula is C14H11ClN2O2. The van der Waals surface area contributed by atoms with Crippen LogP contribution in [0.5, 0.6) is 0 Å². The maximum atomic E-state index is 12.4. The van der Waals surface area contributed by atoms with Crippen LogP contribution in [-0.4, -0.2) is 16.4 Å². The van der Waals surface area contributed by atoms with Crippen molar-refractivity contribution in [1.29, 1.82) is 0 Å². The maximum absolute atomic E-state index is 12.4. The van der Waals surface area contributed by atoms with Crippen LogP contribution in [0.4, 0.5) is 0 Å². The molecule has 0 N–H and O–H groups in total. The number of imidazole rings is 1. The summed E-state index contributed by atoms with van der Waals surface area (Å²) in [4.78, 5) is 17.5. The van der Waals surface area contributed by atoms with Gasteiger partial charge in [0.2, 0.25) is 0 Å². The Morgan fingerprint density at radius 3 is 2.26 bits per heavy atom. The molecule has 0 atom stereocenters. The molecule has 0 aliphatic heterocycles. The van der Waals surface area contributed by atoms with E-state index in [0.717, 1.165) is 16.7 Å². The van der Waals surface area contributed by atoms with Crippen LogP contribution >= 0.6 is 11.6 Å². The molecule has 5 heteroatoms. The molecule has 3 rings (SSSR count). The summed E-state index contributed by atoms with van der Waals surface area (Å²) in [6.07, 6.45) is 0. The van der Waals surface area contributed by atoms with Gasteiger partial charge in [-0.05, 0) is 36.4 Å². The summed E-state index contributed by atoms with van der Waals surface area (Å²) in [5.41, 5.74) is 2.02. The minimum atomic E-state index is -0.244. The molecule has 4 nitrogen and oxygen atoms in total. The molecule has 19 heavy (non-hydrogen) atoms. The fourth-order valence-corrected chi connectivity index (χ4v) is 2.26. The van der Waals surface area contributed by atoms with Crippen LogP contribution < -0.4 is 10.5 Å². The predicted molar refractivity (Wildman–Crippen MR) is 75.0 cm³/mol. The van der Waals surface area contributed by atoms with E-state index in [1.54, 1.807) is 28.8 Å². The van der Waals surface area contributed by atoms with Crippen molar-refractivity contribution >= 4 is 22.6 Å². The van der Waals surface area contributed by atoms with Crippen molar-refractivity contribution in [1.82, 2.24) is 9.30 Å². The molecule has 0 saturated carbocycles. The number of hydrogen-bond acceptors (Lipinski definition) is 2. The highest BCUT2D eigenvalue weighted by Gasteiger charge is 2.14. The summed E-state index contributed by atoms with van der Waals surface area (Å²) in [6, 6.07) is 14.6. The van der Waals surface area contributed by atoms with Gasteiger partial charge in [-0.15, -0.1) is 4.73 Å². The first-order valence-electron chi connectivity index (χ1n) is 5.75. The Balaban J connectivity index is 2.38. The minimum Gasteiger partial charge on any atom is -0.412 e. The Morgan fingerprint density at radius 1 is 1.00 bits per heavy atom. The van der Waals surface area contributed by atoms with Crippen LogP contribution in [0.2, 0.25) is 5.02 Å². The summed E-state index contributed by atoms with van der Waals surface area (Å²) >= 11 is 5.87. The Hall–Kier alpha value is -2.20. The van der Waals surface area contributed by atoms with Gasteiger partial charge in [-0.25, -0.2) is 4.79 Å². The van der Waals surface area contributed by atoms with E-state index < -0.39 is 0 Å². The van der Waals surface area contributed by atoms with Crippen molar-refractivity contribution in [2.45, 2.75) is 0 Å². The smallest absolute Gasteiger partial charge is 0.366 e. The molecular weight excluding hydrogens is 264 g/mol. The number of nitrogens with zero attached hydrogens (tertiary/aromatic N) is 2. The van der Waals surface area contributed by atoms with Gasteiger partial charge in [-0.1, -0.05) is 23.7 Å². The van der Waals surface area contributed by atoms with E-state index >= 15 is 0 Å². The van der Waals surface area contributed by atoms with Crippen molar-refractivity contribution in [3.05, 3.63) is 64.0 Å². The molecule has 0 amide bonds. The largest absolute Gasteiger partial charge is 0.412 e. The number of aromatic nitrogens is 2. The molecule has 0 spiro atoms. The Labute approximate surface area is 114 Å². The van der Waals surface area contributed by atoms with Gasteiger partial charge >= 0.3 is 5.69 Å². The van der Waals surface area contributed by atoms with Crippen LogP contribution in [0.15, 0.2) is 53.3 Å². The molecule has 96 valence electrons. The SMILES string of the molecule is COn1c(=O)n(-c2ccc(Cl)cc2)c2ccccc21. The molecule has 1 aromatic heterocycles. The molecule has 0 fully saturated rings. The second-order valence-electron chi connectivity index (χ2n) is 4.06. The lowest BCUT2D eigenvalue weighted by atomic mass is 10.3. The fourth-order valence-electron chi connectivity index (χ4n) is 2.14. The maximum Gasteiger partial charge on any atom is 0.366 e. The van der Waals surface area contributed by atoms with Gasteiger partial charge in [-0.3, -0.25) is 4.57 Å². The van der Waals surface area contributed by atoms with Crippen molar-refractivity contribution in [3.63, 3.8) is 0 Å². The number of fused-ring (bicyclic) bond motifs is 1. The van der Waals surface area contributed by atoms with Crippen molar-refractivity contribution in [2.75, 3.05) is 7.11 Å². The minimum absolute atomic E-state index is 0.244. The van der Waals surface area contributed by atoms with E-state index in [2.05, 4.69) is 0 Å². The van der Waals surface area contributed by atoms with E-state index in [9.17, 15) is 4.79 Å². The Bertz CT molecular complexity index is 787. The highest BCUT2D eigenvalue weighted by molar-refractivity contribution is 6.30. The van der Waals surface area contributed by atoms with E-state index in [0.29, 0.717) is 5.02 Å². The first-order chi connectivity index (χ1) is 9.22. The van der Waals surface area contributed by atoms with Gasteiger partial charge in [0.1, 0.15) is 12.6 Å². The second-order valence-corrected chi connectivity index (χ2v) is 4.50. The summed E-state index contributed by atoms with van der Waals surface area (Å²) in [6.45, 7) is 0. The van der Waals surface area contributed by atoms with Gasteiger partial charge in [0, 0.05) is 5.02 Å². The van der Waals surface area contributed by atoms with Crippen LogP contribution in [0.1, 0.15) is 0 Å². The highest BCUT2D eigenvalue weighted by Crippen LogP contribution is 2.18. The van der Waals surface area contributed by atoms with Gasteiger partial charge in [0.15, 0.2) is 0 Å². The van der Waals surface area contributed by atoms with Crippen molar-refractivity contribution in [3.8, 4) is 5.69 Å². The zero-order valence-electron chi connectivity index (χ0n) is 10.2. The van der Waals surface area contributed by atoms with E-state index in [4.69, 9.17) is 16.4 Å². The lowest BCUT2D eigenvalue weighted by Gasteiger charge is -2.02. The third kappa shape index (κ3) is 1.81. The number of benzene rings is 2. The third-order valence-corrected chi connectivity index (χ3v) is 3.23. The van der Waals surface area contributed by atoms with Crippen LogP contribution in [0.3, 0.4) is 0 Å². The summed E-state index contributed by atoms with van der Waals surface area (Å²) < 4.78 is 2.86. The number of para-hydroxylation sites is 2. The first kappa shape index (κ1) is 11.9. The third-order valence-electron chi connectivity index (χ3n) is 2.97. The average Bonchev–Trinajstić information content (AvgIpc) is 2.71. The van der Waals surface area contributed by atoms with Gasteiger partial charge in [-0.2, -0.15) is 0 Å². The van der Waals surface area contributed by atoms with Crippen LogP contribution in [0.25, 0.3) is 16.7 Å². The predicted octanol–water partition coefficient (Wildman–Crippen LogP) is 2.50. The fraction of sp³-hybridized carbons (Fsp3) is 0.0714. The lowest BCUT2D eigenvalue weighted by molar-refractivity contribution is 0.167. The Morgan fingerprint density at radius 2 is 1.63 bits per heavy atom. The first-order valence-corrected chi connectivity index (χ1v) is 6.13. The summed E-state index contributed by atoms with van der Waals surface area (Å²) in [5, 5.41) is 0.632. The normalized spacial score (nSPS) is 10.8. The molecule has 0 saturated heterocycles. The average molecular weight is 275 g/mol. The van der Waals surface area contributed by atoms with Gasteiger partial charge < -0.3 is 4.84 Å². The monoisotopic (exact) mass is 274 g/mol. The van der Waals surface area contributed by atoms with E-state index in [1.165, 1.54) is 11.8 Å². The number of halogens is 1. The molecule has 0 aliphatic rings. The molecule has 0 radical (unpaired) electrons. The second kappa shape index (κ2) is 4.48. The quantitative estimate of drug-likeness (QED) is 0.720. The molecule has 1 heterocycles. The van der Waals surface area contributed by atoms with E-state index in [-0.39, 0.29) is 5.69 Å². The highest BCUT2D eigenvalue weighted by atomic mass is 35.5. The zero-order chi connectivity index (χ0) is 13.4. The Kier molecular flexibility index (Phi) is 2.80. The molecule has 0 aliphatic carbocycles. The number of hydrogen-bond donors (Lipinski definition) is 0. The number of rotatable bonds is 2. The molecule has 0 bridgehead atoms. The lowest BCUT2D eigenvalue weighted by Crippen LogP contribution is -2.26. The summed E-state index contributed by atoms with van der Waals surface area (Å²) in [5.74, 6) is 0. The van der Waals surface area contributed by atoms with Crippen molar-refractivity contribution in [2.24, 2.45) is 0 Å². The topological polar surface area (TPSA) is 36.2 Å². The van der Waals surface area contributed by atoms with Gasteiger partial charge in [0.25, 0.3) is 0 Å². The van der Waals surface area contributed by atoms with Crippen LogP contribution in [0, 0.1) is 0 Å². The van der Waals surface area contributed by atoms with E-state index in [1.807, 2.05) is 24.3 Å². The zero-order valence-corrected chi connectivity index (χ0v) is 11.0. The standard InChI is InChI=1S/C14H11ClN2O2/c1-19-17-13-5-3-2-4-12(13)16(14(17)18)11-8-6-10(15)7-9-11/h2-9H,1H3. The molecule has 0 unspecified atom stereocenters. The summed E-state index contributed by atoms with van der Waals surface area (Å²) in [7, 11) is 1.47.